The van der Waals surface area contributed by atoms with Gasteiger partial charge in [0.25, 0.3) is 5.78 Å². The van der Waals surface area contributed by atoms with Gasteiger partial charge in [0.15, 0.2) is 0 Å². The van der Waals surface area contributed by atoms with Crippen molar-refractivity contribution in [1.82, 2.24) is 16.0 Å². The lowest BCUT2D eigenvalue weighted by Crippen LogP contribution is -2.57. The van der Waals surface area contributed by atoms with E-state index in [1.165, 1.54) is 0 Å². The second kappa shape index (κ2) is 12.4. The van der Waals surface area contributed by atoms with E-state index in [1.54, 1.807) is 6.92 Å². The number of aliphatic carboxylic acids is 1. The highest BCUT2D eigenvalue weighted by molar-refractivity contribution is 6.35. The van der Waals surface area contributed by atoms with Crippen LogP contribution in [0.3, 0.4) is 0 Å². The molecule has 0 spiro atoms. The first-order valence-electron chi connectivity index (χ1n) is 9.36. The van der Waals surface area contributed by atoms with Crippen molar-refractivity contribution < 1.29 is 33.1 Å². The third-order valence-corrected chi connectivity index (χ3v) is 4.31. The SMILES string of the molecule is CCC(NC(=O)C(NC(C)C)C(C)CC)C(=O)NC(CC(F)F)C(=O)C(=O)O. The maximum absolute atomic E-state index is 12.6. The van der Waals surface area contributed by atoms with Gasteiger partial charge in [0.2, 0.25) is 18.2 Å². The molecule has 4 unspecified atom stereocenters. The molecule has 0 aliphatic rings. The Kier molecular flexibility index (Phi) is 11.4. The van der Waals surface area contributed by atoms with Gasteiger partial charge in [-0.2, -0.15) is 0 Å². The Hall–Kier alpha value is -2.10. The van der Waals surface area contributed by atoms with Crippen molar-refractivity contribution in [3.8, 4) is 0 Å². The molecule has 0 aliphatic heterocycles. The largest absolute Gasteiger partial charge is 0.475 e. The van der Waals surface area contributed by atoms with Gasteiger partial charge in [-0.1, -0.05) is 41.0 Å². The van der Waals surface area contributed by atoms with Gasteiger partial charge in [0.05, 0.1) is 6.04 Å². The van der Waals surface area contributed by atoms with Crippen LogP contribution in [0.1, 0.15) is 53.9 Å². The number of rotatable bonds is 13. The number of hydrogen-bond acceptors (Lipinski definition) is 5. The van der Waals surface area contributed by atoms with E-state index >= 15 is 0 Å². The van der Waals surface area contributed by atoms with Crippen molar-refractivity contribution in [3.05, 3.63) is 0 Å². The quantitative estimate of drug-likeness (QED) is 0.339. The van der Waals surface area contributed by atoms with Crippen LogP contribution in [-0.2, 0) is 19.2 Å². The molecule has 28 heavy (non-hydrogen) atoms. The first kappa shape index (κ1) is 25.9. The number of halogens is 2. The zero-order valence-electron chi connectivity index (χ0n) is 16.9. The van der Waals surface area contributed by atoms with Crippen molar-refractivity contribution in [3.63, 3.8) is 0 Å². The lowest BCUT2D eigenvalue weighted by Gasteiger charge is -2.28. The minimum Gasteiger partial charge on any atom is -0.475 e. The van der Waals surface area contributed by atoms with E-state index in [9.17, 15) is 28.0 Å². The zero-order chi connectivity index (χ0) is 22.0. The van der Waals surface area contributed by atoms with Gasteiger partial charge >= 0.3 is 5.97 Å². The summed E-state index contributed by atoms with van der Waals surface area (Å²) in [6.07, 6.45) is -3.25. The lowest BCUT2D eigenvalue weighted by atomic mass is 9.97. The summed E-state index contributed by atoms with van der Waals surface area (Å²) in [5, 5.41) is 16.4. The van der Waals surface area contributed by atoms with Gasteiger partial charge < -0.3 is 21.1 Å². The van der Waals surface area contributed by atoms with E-state index < -0.39 is 54.5 Å². The smallest absolute Gasteiger partial charge is 0.374 e. The van der Waals surface area contributed by atoms with Crippen LogP contribution in [0.5, 0.6) is 0 Å². The molecule has 0 aromatic carbocycles. The summed E-state index contributed by atoms with van der Waals surface area (Å²) in [5.74, 6) is -4.79. The monoisotopic (exact) mass is 407 g/mol. The number of carboxylic acids is 1. The molecule has 2 amide bonds. The summed E-state index contributed by atoms with van der Waals surface area (Å²) < 4.78 is 25.3. The number of ketones is 1. The number of alkyl halides is 2. The van der Waals surface area contributed by atoms with Gasteiger partial charge in [-0.25, -0.2) is 13.6 Å². The van der Waals surface area contributed by atoms with Gasteiger partial charge in [-0.05, 0) is 12.3 Å². The first-order valence-corrected chi connectivity index (χ1v) is 9.36. The number of Topliss-reactive ketones (excluding diaryl/α,β-unsaturated/α-hetero) is 1. The molecule has 0 aromatic rings. The molecule has 162 valence electrons. The normalized spacial score (nSPS) is 15.6. The maximum atomic E-state index is 12.6. The second-order valence-corrected chi connectivity index (χ2v) is 7.01. The van der Waals surface area contributed by atoms with Crippen LogP contribution in [0, 0.1) is 5.92 Å². The predicted octanol–water partition coefficient (Wildman–Crippen LogP) is 1.09. The average molecular weight is 407 g/mol. The van der Waals surface area contributed by atoms with Crippen molar-refractivity contribution in [2.24, 2.45) is 5.92 Å². The van der Waals surface area contributed by atoms with Crippen molar-refractivity contribution in [2.45, 2.75) is 84.5 Å². The lowest BCUT2D eigenvalue weighted by molar-refractivity contribution is -0.151. The number of carbonyl (C=O) groups is 4. The van der Waals surface area contributed by atoms with Crippen molar-refractivity contribution in [2.75, 3.05) is 0 Å². The molecule has 0 saturated heterocycles. The van der Waals surface area contributed by atoms with Crippen LogP contribution in [0.15, 0.2) is 0 Å². The van der Waals surface area contributed by atoms with Crippen LogP contribution in [-0.4, -0.2) is 59.3 Å². The molecule has 0 bridgehead atoms. The molecule has 0 aliphatic carbocycles. The average Bonchev–Trinajstić information content (AvgIpc) is 2.61. The molecule has 0 aromatic heterocycles. The van der Waals surface area contributed by atoms with Crippen molar-refractivity contribution in [1.29, 1.82) is 0 Å². The summed E-state index contributed by atoms with van der Waals surface area (Å²) in [4.78, 5) is 47.4. The topological polar surface area (TPSA) is 125 Å². The van der Waals surface area contributed by atoms with Gasteiger partial charge in [-0.15, -0.1) is 0 Å². The fraction of sp³-hybridized carbons (Fsp3) is 0.778. The Morgan fingerprint density at radius 3 is 1.82 bits per heavy atom. The minimum absolute atomic E-state index is 0.0160. The molecular weight excluding hydrogens is 376 g/mol. The molecule has 0 radical (unpaired) electrons. The number of carbonyl (C=O) groups excluding carboxylic acids is 3. The first-order chi connectivity index (χ1) is 12.9. The predicted molar refractivity (Wildman–Crippen MR) is 98.9 cm³/mol. The third-order valence-electron chi connectivity index (χ3n) is 4.31. The van der Waals surface area contributed by atoms with E-state index in [1.807, 2.05) is 33.0 Å². The van der Waals surface area contributed by atoms with E-state index in [0.717, 1.165) is 0 Å². The Balaban J connectivity index is 5.25. The van der Waals surface area contributed by atoms with E-state index in [2.05, 4.69) is 10.6 Å². The van der Waals surface area contributed by atoms with Crippen LogP contribution in [0.25, 0.3) is 0 Å². The molecule has 0 heterocycles. The highest BCUT2D eigenvalue weighted by Gasteiger charge is 2.33. The van der Waals surface area contributed by atoms with Crippen LogP contribution >= 0.6 is 0 Å². The molecule has 4 N–H and O–H groups in total. The van der Waals surface area contributed by atoms with E-state index in [-0.39, 0.29) is 18.4 Å². The third kappa shape index (κ3) is 8.73. The summed E-state index contributed by atoms with van der Waals surface area (Å²) in [7, 11) is 0. The molecule has 4 atom stereocenters. The molecule has 0 fully saturated rings. The highest BCUT2D eigenvalue weighted by atomic mass is 19.3. The van der Waals surface area contributed by atoms with Crippen LogP contribution in [0.4, 0.5) is 8.78 Å². The minimum atomic E-state index is -2.98. The van der Waals surface area contributed by atoms with E-state index in [4.69, 9.17) is 5.11 Å². The molecule has 0 rings (SSSR count). The molecular formula is C18H31F2N3O5. The standard InChI is InChI=1S/C18H31F2N3O5/c1-6-10(5)14(21-9(3)4)17(26)22-11(7-2)16(25)23-12(8-13(19)20)15(24)18(27)28/h9-14,21H,6-8H2,1-5H3,(H,22,26)(H,23,25)(H,27,28). The molecule has 10 heteroatoms. The summed E-state index contributed by atoms with van der Waals surface area (Å²) in [5.41, 5.74) is 0. The number of carboxylic acid groups (broad SMARTS) is 1. The van der Waals surface area contributed by atoms with Gasteiger partial charge in [0.1, 0.15) is 12.1 Å². The molecule has 8 nitrogen and oxygen atoms in total. The maximum Gasteiger partial charge on any atom is 0.374 e. The second-order valence-electron chi connectivity index (χ2n) is 7.01. The summed E-state index contributed by atoms with van der Waals surface area (Å²) >= 11 is 0. The highest BCUT2D eigenvalue weighted by Crippen LogP contribution is 2.10. The fourth-order valence-corrected chi connectivity index (χ4v) is 2.54. The Morgan fingerprint density at radius 2 is 1.43 bits per heavy atom. The number of nitrogens with one attached hydrogen (secondary N) is 3. The zero-order valence-corrected chi connectivity index (χ0v) is 16.9. The van der Waals surface area contributed by atoms with Crippen LogP contribution < -0.4 is 16.0 Å². The summed E-state index contributed by atoms with van der Waals surface area (Å²) in [6, 6.07) is -3.50. The Labute approximate surface area is 163 Å². The summed E-state index contributed by atoms with van der Waals surface area (Å²) in [6.45, 7) is 9.15. The molecule has 0 saturated carbocycles. The fourth-order valence-electron chi connectivity index (χ4n) is 2.54. The van der Waals surface area contributed by atoms with Gasteiger partial charge in [0, 0.05) is 12.5 Å². The Bertz CT molecular complexity index is 557. The van der Waals surface area contributed by atoms with Crippen LogP contribution in [0.2, 0.25) is 0 Å². The number of hydrogen-bond donors (Lipinski definition) is 4. The van der Waals surface area contributed by atoms with E-state index in [0.29, 0.717) is 6.42 Å². The number of amides is 2. The van der Waals surface area contributed by atoms with Crippen molar-refractivity contribution >= 4 is 23.6 Å². The Morgan fingerprint density at radius 1 is 0.893 bits per heavy atom. The van der Waals surface area contributed by atoms with Gasteiger partial charge in [-0.3, -0.25) is 14.4 Å².